The van der Waals surface area contributed by atoms with Gasteiger partial charge in [0.2, 0.25) is 0 Å². The number of hydrogen-bond acceptors (Lipinski definition) is 0. The Bertz CT molecular complexity index is 2830. The average Bonchev–Trinajstić information content (AvgIpc) is 3.70. The summed E-state index contributed by atoms with van der Waals surface area (Å²) in [7, 11) is 0. The summed E-state index contributed by atoms with van der Waals surface area (Å²) in [6, 6.07) is 70.4. The lowest BCUT2D eigenvalue weighted by atomic mass is 9.99. The van der Waals surface area contributed by atoms with E-state index in [4.69, 9.17) is 0 Å². The quantitative estimate of drug-likeness (QED) is 0.178. The van der Waals surface area contributed by atoms with Gasteiger partial charge in [0, 0.05) is 32.9 Å². The van der Waals surface area contributed by atoms with E-state index in [1.807, 2.05) is 0 Å². The standard InChI is InChI=1S/C48H32N2/c1-5-13-33(14-6-1)35-22-26-46-43(29-35)44-31-37(24-28-47(44)49(46)39-17-9-3-10-18-39)36-23-27-45-42(30-36)41-25-21-38(34-15-7-2-8-16-34)32-48(41)50(45)40-19-11-4-12-20-40/h1-32H. The molecular formula is C48H32N2. The van der Waals surface area contributed by atoms with Gasteiger partial charge in [-0.2, -0.15) is 0 Å². The number of nitrogens with zero attached hydrogens (tertiary/aromatic N) is 2. The Morgan fingerprint density at radius 3 is 1.02 bits per heavy atom. The highest BCUT2D eigenvalue weighted by molar-refractivity contribution is 6.13. The first-order valence-electron chi connectivity index (χ1n) is 17.2. The second-order valence-electron chi connectivity index (χ2n) is 13.0. The van der Waals surface area contributed by atoms with Crippen molar-refractivity contribution in [3.05, 3.63) is 194 Å². The summed E-state index contributed by atoms with van der Waals surface area (Å²) in [5, 5.41) is 5.00. The summed E-state index contributed by atoms with van der Waals surface area (Å²) in [5.41, 5.74) is 14.4. The Labute approximate surface area is 290 Å². The van der Waals surface area contributed by atoms with E-state index in [1.165, 1.54) is 77.0 Å². The first-order chi connectivity index (χ1) is 24.8. The molecule has 0 unspecified atom stereocenters. The Morgan fingerprint density at radius 2 is 0.560 bits per heavy atom. The predicted octanol–water partition coefficient (Wildman–Crippen LogP) is 12.9. The topological polar surface area (TPSA) is 9.86 Å². The van der Waals surface area contributed by atoms with Gasteiger partial charge in [-0.25, -0.2) is 0 Å². The highest BCUT2D eigenvalue weighted by Gasteiger charge is 2.17. The summed E-state index contributed by atoms with van der Waals surface area (Å²) >= 11 is 0. The van der Waals surface area contributed by atoms with Crippen LogP contribution < -0.4 is 0 Å². The van der Waals surface area contributed by atoms with Gasteiger partial charge in [0.15, 0.2) is 0 Å². The molecular weight excluding hydrogens is 605 g/mol. The smallest absolute Gasteiger partial charge is 0.0547 e. The molecule has 10 aromatic rings. The minimum atomic E-state index is 1.16. The van der Waals surface area contributed by atoms with Gasteiger partial charge >= 0.3 is 0 Å². The Balaban J connectivity index is 1.19. The number of benzene rings is 8. The predicted molar refractivity (Wildman–Crippen MR) is 211 cm³/mol. The van der Waals surface area contributed by atoms with Crippen LogP contribution >= 0.6 is 0 Å². The molecule has 0 bridgehead atoms. The largest absolute Gasteiger partial charge is 0.309 e. The van der Waals surface area contributed by atoms with E-state index in [1.54, 1.807) is 0 Å². The third kappa shape index (κ3) is 4.57. The van der Waals surface area contributed by atoms with Gasteiger partial charge in [-0.3, -0.25) is 0 Å². The minimum absolute atomic E-state index is 1.16. The molecule has 0 N–H and O–H groups in total. The molecule has 0 saturated heterocycles. The Kier molecular flexibility index (Phi) is 6.53. The van der Waals surface area contributed by atoms with Gasteiger partial charge in [0.1, 0.15) is 0 Å². The zero-order valence-corrected chi connectivity index (χ0v) is 27.4. The lowest BCUT2D eigenvalue weighted by Crippen LogP contribution is -1.93. The first-order valence-corrected chi connectivity index (χ1v) is 17.2. The van der Waals surface area contributed by atoms with Crippen molar-refractivity contribution in [1.29, 1.82) is 0 Å². The average molecular weight is 637 g/mol. The molecule has 0 fully saturated rings. The van der Waals surface area contributed by atoms with Gasteiger partial charge in [0.05, 0.1) is 22.1 Å². The molecule has 0 aliphatic heterocycles. The van der Waals surface area contributed by atoms with Crippen molar-refractivity contribution >= 4 is 43.6 Å². The maximum Gasteiger partial charge on any atom is 0.0547 e. The maximum absolute atomic E-state index is 2.41. The Morgan fingerprint density at radius 1 is 0.220 bits per heavy atom. The third-order valence-corrected chi connectivity index (χ3v) is 10.1. The van der Waals surface area contributed by atoms with Gasteiger partial charge in [-0.15, -0.1) is 0 Å². The highest BCUT2D eigenvalue weighted by Crippen LogP contribution is 2.40. The van der Waals surface area contributed by atoms with Crippen LogP contribution in [0, 0.1) is 0 Å². The van der Waals surface area contributed by atoms with Crippen LogP contribution in [-0.4, -0.2) is 9.13 Å². The van der Waals surface area contributed by atoms with Crippen molar-refractivity contribution in [2.24, 2.45) is 0 Å². The lowest BCUT2D eigenvalue weighted by molar-refractivity contribution is 1.18. The van der Waals surface area contributed by atoms with Crippen molar-refractivity contribution in [3.8, 4) is 44.8 Å². The fourth-order valence-electron chi connectivity index (χ4n) is 7.73. The SMILES string of the molecule is c1ccc(-c2ccc3c(c2)c2cc(-c4ccc5c(c4)c4ccc(-c6ccccc6)cc4n5-c4ccccc4)ccc2n3-c2ccccc2)cc1. The molecule has 50 heavy (non-hydrogen) atoms. The molecule has 0 aliphatic carbocycles. The summed E-state index contributed by atoms with van der Waals surface area (Å²) in [6.45, 7) is 0. The van der Waals surface area contributed by atoms with E-state index in [0.29, 0.717) is 0 Å². The molecule has 2 nitrogen and oxygen atoms in total. The molecule has 2 heterocycles. The van der Waals surface area contributed by atoms with E-state index in [2.05, 4.69) is 203 Å². The van der Waals surface area contributed by atoms with Gasteiger partial charge in [-0.1, -0.05) is 127 Å². The highest BCUT2D eigenvalue weighted by atomic mass is 15.0. The van der Waals surface area contributed by atoms with Crippen LogP contribution in [0.2, 0.25) is 0 Å². The molecule has 0 saturated carbocycles. The number of para-hydroxylation sites is 2. The normalized spacial score (nSPS) is 11.6. The number of aromatic nitrogens is 2. The van der Waals surface area contributed by atoms with Gasteiger partial charge in [0.25, 0.3) is 0 Å². The molecule has 10 rings (SSSR count). The second kappa shape index (κ2) is 11.5. The van der Waals surface area contributed by atoms with Crippen LogP contribution in [0.25, 0.3) is 88.4 Å². The molecule has 0 spiro atoms. The van der Waals surface area contributed by atoms with E-state index in [9.17, 15) is 0 Å². The van der Waals surface area contributed by atoms with E-state index < -0.39 is 0 Å². The van der Waals surface area contributed by atoms with Crippen molar-refractivity contribution in [3.63, 3.8) is 0 Å². The summed E-state index contributed by atoms with van der Waals surface area (Å²) in [6.07, 6.45) is 0. The zero-order chi connectivity index (χ0) is 33.0. The minimum Gasteiger partial charge on any atom is -0.309 e. The summed E-state index contributed by atoms with van der Waals surface area (Å²) in [5.74, 6) is 0. The maximum atomic E-state index is 2.41. The van der Waals surface area contributed by atoms with Crippen molar-refractivity contribution in [1.82, 2.24) is 9.13 Å². The van der Waals surface area contributed by atoms with E-state index >= 15 is 0 Å². The Hall–Kier alpha value is -6.64. The number of fused-ring (bicyclic) bond motifs is 6. The molecule has 0 amide bonds. The molecule has 2 heteroatoms. The van der Waals surface area contributed by atoms with E-state index in [-0.39, 0.29) is 0 Å². The van der Waals surface area contributed by atoms with Crippen LogP contribution in [0.5, 0.6) is 0 Å². The van der Waals surface area contributed by atoms with Gasteiger partial charge < -0.3 is 9.13 Å². The lowest BCUT2D eigenvalue weighted by Gasteiger charge is -2.09. The monoisotopic (exact) mass is 636 g/mol. The van der Waals surface area contributed by atoms with E-state index in [0.717, 1.165) is 11.4 Å². The van der Waals surface area contributed by atoms with Crippen molar-refractivity contribution in [2.75, 3.05) is 0 Å². The second-order valence-corrected chi connectivity index (χ2v) is 13.0. The summed E-state index contributed by atoms with van der Waals surface area (Å²) < 4.78 is 4.80. The molecule has 0 atom stereocenters. The van der Waals surface area contributed by atoms with Crippen molar-refractivity contribution < 1.29 is 0 Å². The van der Waals surface area contributed by atoms with Crippen LogP contribution in [-0.2, 0) is 0 Å². The number of hydrogen-bond donors (Lipinski definition) is 0. The van der Waals surface area contributed by atoms with Crippen LogP contribution in [0.15, 0.2) is 194 Å². The fraction of sp³-hybridized carbons (Fsp3) is 0. The third-order valence-electron chi connectivity index (χ3n) is 10.1. The molecule has 234 valence electrons. The summed E-state index contributed by atoms with van der Waals surface area (Å²) in [4.78, 5) is 0. The molecule has 8 aromatic carbocycles. The first kappa shape index (κ1) is 28.4. The molecule has 0 aliphatic rings. The number of rotatable bonds is 5. The van der Waals surface area contributed by atoms with Crippen LogP contribution in [0.4, 0.5) is 0 Å². The zero-order valence-electron chi connectivity index (χ0n) is 27.4. The van der Waals surface area contributed by atoms with Crippen LogP contribution in [0.3, 0.4) is 0 Å². The van der Waals surface area contributed by atoms with Gasteiger partial charge in [-0.05, 0) is 100 Å². The molecule has 2 aromatic heterocycles. The molecule has 0 radical (unpaired) electrons. The van der Waals surface area contributed by atoms with Crippen LogP contribution in [0.1, 0.15) is 0 Å². The van der Waals surface area contributed by atoms with Crippen molar-refractivity contribution in [2.45, 2.75) is 0 Å². The fourth-order valence-corrected chi connectivity index (χ4v) is 7.73.